The predicted octanol–water partition coefficient (Wildman–Crippen LogP) is 5.66. The Morgan fingerprint density at radius 1 is 0.975 bits per heavy atom. The number of fused-ring (bicyclic) bond motifs is 1. The number of aliphatic hydroxyl groups is 1. The number of rotatable bonds is 8. The summed E-state index contributed by atoms with van der Waals surface area (Å²) in [4.78, 5) is 33.2. The molecule has 0 aliphatic carbocycles. The number of hydrogen-bond acceptors (Lipinski definition) is 9. The van der Waals surface area contributed by atoms with E-state index in [0.717, 1.165) is 10.3 Å². The fourth-order valence-electron chi connectivity index (χ4n) is 4.72. The van der Waals surface area contributed by atoms with Crippen LogP contribution in [0.2, 0.25) is 0 Å². The third-order valence-electron chi connectivity index (χ3n) is 6.64. The van der Waals surface area contributed by atoms with Gasteiger partial charge in [0.2, 0.25) is 5.75 Å². The van der Waals surface area contributed by atoms with Crippen LogP contribution in [0.15, 0.2) is 60.2 Å². The Labute approximate surface area is 235 Å². The van der Waals surface area contributed by atoms with Crippen molar-refractivity contribution in [2.75, 3.05) is 32.8 Å². The van der Waals surface area contributed by atoms with Crippen molar-refractivity contribution < 1.29 is 33.6 Å². The van der Waals surface area contributed by atoms with Crippen molar-refractivity contribution in [1.29, 1.82) is 0 Å². The average molecular weight is 561 g/mol. The van der Waals surface area contributed by atoms with Gasteiger partial charge in [0.1, 0.15) is 11.5 Å². The number of ether oxygens (including phenoxy) is 4. The van der Waals surface area contributed by atoms with E-state index in [2.05, 4.69) is 4.98 Å². The first-order valence-corrected chi connectivity index (χ1v) is 13.3. The van der Waals surface area contributed by atoms with E-state index in [4.69, 9.17) is 18.9 Å². The van der Waals surface area contributed by atoms with Crippen molar-refractivity contribution in [2.24, 2.45) is 0 Å². The van der Waals surface area contributed by atoms with Gasteiger partial charge in [0.25, 0.3) is 5.78 Å². The lowest BCUT2D eigenvalue weighted by molar-refractivity contribution is -0.132. The summed E-state index contributed by atoms with van der Waals surface area (Å²) < 4.78 is 23.0. The summed E-state index contributed by atoms with van der Waals surface area (Å²) in [6, 6.07) is 14.8. The fourth-order valence-corrected chi connectivity index (χ4v) is 5.74. The Bertz CT molecular complexity index is 1620. The highest BCUT2D eigenvalue weighted by molar-refractivity contribution is 7.22. The highest BCUT2D eigenvalue weighted by Crippen LogP contribution is 2.48. The minimum absolute atomic E-state index is 0.0719. The normalized spacial score (nSPS) is 16.4. The topological polar surface area (TPSA) is 107 Å². The van der Waals surface area contributed by atoms with E-state index in [9.17, 15) is 14.7 Å². The van der Waals surface area contributed by atoms with Crippen molar-refractivity contribution in [3.63, 3.8) is 0 Å². The van der Waals surface area contributed by atoms with Crippen molar-refractivity contribution in [3.05, 3.63) is 76.9 Å². The van der Waals surface area contributed by atoms with Crippen LogP contribution in [0.4, 0.5) is 5.13 Å². The SMILES string of the molecule is CCOc1ccc2nc(N3C(=O)C(=O)C(=C(O)c4ccc(C)cc4)[C@H]3c3cc(OC)c(OC)c(OC)c3)sc2c1. The van der Waals surface area contributed by atoms with Crippen LogP contribution in [-0.4, -0.2) is 49.7 Å². The van der Waals surface area contributed by atoms with Crippen LogP contribution in [0.5, 0.6) is 23.0 Å². The van der Waals surface area contributed by atoms with Crippen LogP contribution in [0.25, 0.3) is 16.0 Å². The molecule has 1 saturated heterocycles. The maximum Gasteiger partial charge on any atom is 0.301 e. The number of ketones is 1. The number of thiazole rings is 1. The fraction of sp³-hybridized carbons (Fsp3) is 0.233. The van der Waals surface area contributed by atoms with Gasteiger partial charge in [-0.25, -0.2) is 4.98 Å². The van der Waals surface area contributed by atoms with Gasteiger partial charge in [-0.3, -0.25) is 14.5 Å². The molecule has 0 saturated carbocycles. The summed E-state index contributed by atoms with van der Waals surface area (Å²) in [5.41, 5.74) is 2.44. The predicted molar refractivity (Wildman–Crippen MR) is 153 cm³/mol. The summed E-state index contributed by atoms with van der Waals surface area (Å²) in [7, 11) is 4.45. The molecule has 0 radical (unpaired) electrons. The van der Waals surface area contributed by atoms with E-state index < -0.39 is 17.7 Å². The van der Waals surface area contributed by atoms with Gasteiger partial charge in [0.15, 0.2) is 16.6 Å². The number of aryl methyl sites for hydroxylation is 1. The van der Waals surface area contributed by atoms with E-state index in [0.29, 0.717) is 51.4 Å². The molecule has 0 spiro atoms. The molecule has 5 rings (SSSR count). The molecular weight excluding hydrogens is 532 g/mol. The van der Waals surface area contributed by atoms with Crippen LogP contribution < -0.4 is 23.8 Å². The number of anilines is 1. The highest BCUT2D eigenvalue weighted by atomic mass is 32.1. The number of methoxy groups -OCH3 is 3. The van der Waals surface area contributed by atoms with E-state index >= 15 is 0 Å². The van der Waals surface area contributed by atoms with Crippen LogP contribution in [0.3, 0.4) is 0 Å². The van der Waals surface area contributed by atoms with Crippen LogP contribution in [-0.2, 0) is 9.59 Å². The lowest BCUT2D eigenvalue weighted by Crippen LogP contribution is -2.29. The third-order valence-corrected chi connectivity index (χ3v) is 7.66. The van der Waals surface area contributed by atoms with Gasteiger partial charge in [0.05, 0.1) is 49.8 Å². The second-order valence-corrected chi connectivity index (χ2v) is 10.1. The first kappa shape index (κ1) is 27.0. The standard InChI is InChI=1S/C30H28N2O7S/c1-6-39-19-11-12-20-23(15-19)40-30(31-20)32-25(18-13-21(36-3)28(38-5)22(14-18)37-4)24(27(34)29(32)35)26(33)17-9-7-16(2)8-10-17/h7-15,25,33H,6H2,1-5H3/t25-/m1/s1. The molecule has 10 heteroatoms. The highest BCUT2D eigenvalue weighted by Gasteiger charge is 2.48. The Balaban J connectivity index is 1.75. The zero-order valence-electron chi connectivity index (χ0n) is 22.7. The summed E-state index contributed by atoms with van der Waals surface area (Å²) in [5, 5.41) is 11.7. The molecule has 1 aliphatic rings. The molecule has 2 heterocycles. The van der Waals surface area contributed by atoms with Crippen molar-refractivity contribution in [3.8, 4) is 23.0 Å². The molecule has 3 aromatic carbocycles. The number of aromatic nitrogens is 1. The molecule has 4 aromatic rings. The Hall–Kier alpha value is -4.57. The first-order valence-electron chi connectivity index (χ1n) is 12.5. The molecule has 1 aromatic heterocycles. The molecule has 40 heavy (non-hydrogen) atoms. The van der Waals surface area contributed by atoms with Crippen LogP contribution in [0, 0.1) is 6.92 Å². The molecule has 1 aliphatic heterocycles. The maximum absolute atomic E-state index is 13.7. The Morgan fingerprint density at radius 2 is 1.65 bits per heavy atom. The van der Waals surface area contributed by atoms with Gasteiger partial charge in [-0.15, -0.1) is 0 Å². The molecule has 206 valence electrons. The number of hydrogen-bond donors (Lipinski definition) is 1. The zero-order valence-corrected chi connectivity index (χ0v) is 23.5. The molecule has 1 amide bonds. The van der Waals surface area contributed by atoms with Crippen LogP contribution in [0.1, 0.15) is 29.7 Å². The number of nitrogens with zero attached hydrogens (tertiary/aromatic N) is 2. The van der Waals surface area contributed by atoms with E-state index in [-0.39, 0.29) is 11.3 Å². The second-order valence-electron chi connectivity index (χ2n) is 9.05. The van der Waals surface area contributed by atoms with Gasteiger partial charge >= 0.3 is 5.91 Å². The van der Waals surface area contributed by atoms with E-state index in [1.54, 1.807) is 36.4 Å². The molecule has 1 atom stereocenters. The minimum Gasteiger partial charge on any atom is -0.507 e. The molecule has 1 N–H and O–H groups in total. The summed E-state index contributed by atoms with van der Waals surface area (Å²) in [6.45, 7) is 4.32. The maximum atomic E-state index is 13.7. The molecule has 0 unspecified atom stereocenters. The Morgan fingerprint density at radius 3 is 2.25 bits per heavy atom. The number of amides is 1. The van der Waals surface area contributed by atoms with Crippen molar-refractivity contribution in [2.45, 2.75) is 19.9 Å². The lowest BCUT2D eigenvalue weighted by Gasteiger charge is -2.24. The van der Waals surface area contributed by atoms with Crippen LogP contribution >= 0.6 is 11.3 Å². The lowest BCUT2D eigenvalue weighted by atomic mass is 9.94. The van der Waals surface area contributed by atoms with E-state index in [1.807, 2.05) is 32.0 Å². The summed E-state index contributed by atoms with van der Waals surface area (Å²) >= 11 is 1.25. The zero-order chi connectivity index (χ0) is 28.6. The molecule has 1 fully saturated rings. The van der Waals surface area contributed by atoms with Gasteiger partial charge in [-0.2, -0.15) is 0 Å². The van der Waals surface area contributed by atoms with Gasteiger partial charge in [-0.1, -0.05) is 41.2 Å². The summed E-state index contributed by atoms with van der Waals surface area (Å²) in [5.74, 6) is -0.228. The van der Waals surface area contributed by atoms with Crippen molar-refractivity contribution in [1.82, 2.24) is 4.98 Å². The molecule has 0 bridgehead atoms. The average Bonchev–Trinajstić information content (AvgIpc) is 3.49. The Kier molecular flexibility index (Phi) is 7.36. The second kappa shape index (κ2) is 10.9. The number of carbonyl (C=O) groups is 2. The minimum atomic E-state index is -1.03. The summed E-state index contributed by atoms with van der Waals surface area (Å²) in [6.07, 6.45) is 0. The number of aliphatic hydroxyl groups excluding tert-OH is 1. The van der Waals surface area contributed by atoms with Gasteiger partial charge in [0, 0.05) is 5.56 Å². The monoisotopic (exact) mass is 560 g/mol. The van der Waals surface area contributed by atoms with Gasteiger partial charge < -0.3 is 24.1 Å². The number of Topliss-reactive ketones (excluding diaryl/α,β-unsaturated/α-hetero) is 1. The van der Waals surface area contributed by atoms with Crippen molar-refractivity contribution >= 4 is 44.1 Å². The smallest absolute Gasteiger partial charge is 0.301 e. The molecular formula is C30H28N2O7S. The number of carbonyl (C=O) groups excluding carboxylic acids is 2. The number of benzene rings is 3. The quantitative estimate of drug-likeness (QED) is 0.167. The van der Waals surface area contributed by atoms with E-state index in [1.165, 1.54) is 37.6 Å². The third kappa shape index (κ3) is 4.60. The largest absolute Gasteiger partial charge is 0.507 e. The van der Waals surface area contributed by atoms with Gasteiger partial charge in [-0.05, 0) is 49.7 Å². The first-order chi connectivity index (χ1) is 19.3. The molecule has 9 nitrogen and oxygen atoms in total.